The van der Waals surface area contributed by atoms with Gasteiger partial charge in [-0.3, -0.25) is 4.79 Å². The molecule has 2 aromatic rings. The molecule has 1 amide bonds. The average molecular weight is 365 g/mol. The van der Waals surface area contributed by atoms with E-state index in [4.69, 9.17) is 11.6 Å². The van der Waals surface area contributed by atoms with Crippen molar-refractivity contribution in [1.82, 2.24) is 0 Å². The second-order valence-corrected chi connectivity index (χ2v) is 7.10. The summed E-state index contributed by atoms with van der Waals surface area (Å²) in [5, 5.41) is 3.39. The lowest BCUT2D eigenvalue weighted by atomic mass is 10.2. The smallest absolute Gasteiger partial charge is 0.234 e. The van der Waals surface area contributed by atoms with Gasteiger partial charge in [0.1, 0.15) is 11.5 Å². The Morgan fingerprint density at radius 1 is 1.17 bits per heavy atom. The van der Waals surface area contributed by atoms with Crippen LogP contribution >= 0.6 is 23.4 Å². The highest BCUT2D eigenvalue weighted by Gasteiger charge is 2.19. The molecule has 0 aliphatic carbocycles. The lowest BCUT2D eigenvalue weighted by Crippen LogP contribution is -2.22. The molecule has 1 saturated heterocycles. The Balaban J connectivity index is 1.66. The molecule has 0 bridgehead atoms. The third-order valence-corrected chi connectivity index (χ3v) is 5.15. The van der Waals surface area contributed by atoms with Crippen molar-refractivity contribution < 1.29 is 9.18 Å². The minimum Gasteiger partial charge on any atom is -0.370 e. The summed E-state index contributed by atoms with van der Waals surface area (Å²) >= 11 is 7.24. The van der Waals surface area contributed by atoms with Gasteiger partial charge >= 0.3 is 0 Å². The lowest BCUT2D eigenvalue weighted by Gasteiger charge is -2.22. The Morgan fingerprint density at radius 2 is 1.88 bits per heavy atom. The number of nitrogens with one attached hydrogen (secondary N) is 1. The zero-order chi connectivity index (χ0) is 16.9. The molecule has 0 radical (unpaired) electrons. The molecule has 2 aromatic carbocycles. The minimum absolute atomic E-state index is 0.218. The minimum atomic E-state index is -0.399. The quantitative estimate of drug-likeness (QED) is 0.773. The Labute approximate surface area is 150 Å². The number of hydrogen-bond acceptors (Lipinski definition) is 3. The summed E-state index contributed by atoms with van der Waals surface area (Å²) in [4.78, 5) is 15.3. The van der Waals surface area contributed by atoms with Crippen LogP contribution in [0.5, 0.6) is 0 Å². The molecule has 1 fully saturated rings. The second-order valence-electron chi connectivity index (χ2n) is 5.62. The van der Waals surface area contributed by atoms with E-state index in [0.717, 1.165) is 36.5 Å². The number of nitrogens with zero attached hydrogens (tertiary/aromatic N) is 1. The number of carbonyl (C=O) groups excluding carboxylic acids is 1. The van der Waals surface area contributed by atoms with Crippen LogP contribution in [0, 0.1) is 5.82 Å². The molecular formula is C18H18ClFN2OS. The summed E-state index contributed by atoms with van der Waals surface area (Å²) in [6.07, 6.45) is 2.19. The Morgan fingerprint density at radius 3 is 2.58 bits per heavy atom. The fourth-order valence-electron chi connectivity index (χ4n) is 2.71. The first kappa shape index (κ1) is 17.1. The largest absolute Gasteiger partial charge is 0.370 e. The monoisotopic (exact) mass is 364 g/mol. The van der Waals surface area contributed by atoms with Crippen LogP contribution in [0.1, 0.15) is 12.8 Å². The predicted octanol–water partition coefficient (Wildman–Crippen LogP) is 4.81. The normalized spacial score (nSPS) is 14.0. The van der Waals surface area contributed by atoms with E-state index in [9.17, 15) is 9.18 Å². The van der Waals surface area contributed by atoms with Gasteiger partial charge in [0.2, 0.25) is 5.91 Å². The number of halogens is 2. The van der Waals surface area contributed by atoms with Crippen molar-refractivity contribution in [2.75, 3.05) is 29.1 Å². The van der Waals surface area contributed by atoms with Gasteiger partial charge in [0.25, 0.3) is 0 Å². The van der Waals surface area contributed by atoms with Gasteiger partial charge in [0.05, 0.1) is 11.4 Å². The Hall–Kier alpha value is -1.72. The van der Waals surface area contributed by atoms with E-state index in [1.807, 2.05) is 18.2 Å². The van der Waals surface area contributed by atoms with Crippen LogP contribution in [0.3, 0.4) is 0 Å². The number of para-hydroxylation sites is 1. The van der Waals surface area contributed by atoms with E-state index >= 15 is 0 Å². The van der Waals surface area contributed by atoms with Crippen molar-refractivity contribution in [2.45, 2.75) is 17.7 Å². The topological polar surface area (TPSA) is 32.3 Å². The van der Waals surface area contributed by atoms with Gasteiger partial charge in [-0.15, -0.1) is 11.8 Å². The molecule has 0 aromatic heterocycles. The highest BCUT2D eigenvalue weighted by Crippen LogP contribution is 2.31. The Bertz CT molecular complexity index is 717. The molecule has 0 atom stereocenters. The molecule has 1 aliphatic heterocycles. The van der Waals surface area contributed by atoms with Crippen LogP contribution in [-0.2, 0) is 4.79 Å². The van der Waals surface area contributed by atoms with Crippen LogP contribution in [0.15, 0.2) is 47.4 Å². The summed E-state index contributed by atoms with van der Waals surface area (Å²) in [5.41, 5.74) is 1.04. The zero-order valence-corrected chi connectivity index (χ0v) is 14.7. The van der Waals surface area contributed by atoms with Crippen LogP contribution in [-0.4, -0.2) is 24.7 Å². The van der Waals surface area contributed by atoms with Gasteiger partial charge in [-0.05, 0) is 49.2 Å². The molecule has 1 N–H and O–H groups in total. The predicted molar refractivity (Wildman–Crippen MR) is 98.7 cm³/mol. The van der Waals surface area contributed by atoms with Gasteiger partial charge in [0.15, 0.2) is 0 Å². The molecule has 1 heterocycles. The van der Waals surface area contributed by atoms with Gasteiger partial charge < -0.3 is 10.2 Å². The van der Waals surface area contributed by atoms with Crippen molar-refractivity contribution in [1.29, 1.82) is 0 Å². The zero-order valence-electron chi connectivity index (χ0n) is 13.1. The summed E-state index contributed by atoms with van der Waals surface area (Å²) < 4.78 is 14.2. The van der Waals surface area contributed by atoms with Crippen LogP contribution < -0.4 is 10.2 Å². The first-order valence-corrected chi connectivity index (χ1v) is 9.21. The van der Waals surface area contributed by atoms with Crippen LogP contribution in [0.4, 0.5) is 15.8 Å². The number of benzene rings is 2. The van der Waals surface area contributed by atoms with Crippen molar-refractivity contribution in [3.8, 4) is 0 Å². The van der Waals surface area contributed by atoms with Crippen molar-refractivity contribution >= 4 is 40.6 Å². The van der Waals surface area contributed by atoms with Crippen LogP contribution in [0.25, 0.3) is 0 Å². The summed E-state index contributed by atoms with van der Waals surface area (Å²) in [6.45, 7) is 1.79. The van der Waals surface area contributed by atoms with Gasteiger partial charge in [-0.2, -0.15) is 0 Å². The first-order valence-electron chi connectivity index (χ1n) is 7.85. The molecule has 0 unspecified atom stereocenters. The molecule has 0 spiro atoms. The van der Waals surface area contributed by atoms with Crippen LogP contribution in [0.2, 0.25) is 5.02 Å². The molecule has 1 aliphatic rings. The molecule has 3 rings (SSSR count). The summed E-state index contributed by atoms with van der Waals surface area (Å²) in [6, 6.07) is 12.2. The highest BCUT2D eigenvalue weighted by atomic mass is 35.5. The molecule has 6 heteroatoms. The highest BCUT2D eigenvalue weighted by molar-refractivity contribution is 8.00. The maximum atomic E-state index is 14.2. The Kier molecular flexibility index (Phi) is 5.63. The maximum absolute atomic E-state index is 14.2. The van der Waals surface area contributed by atoms with Crippen molar-refractivity contribution in [2.24, 2.45) is 0 Å². The van der Waals surface area contributed by atoms with E-state index in [1.54, 1.807) is 18.2 Å². The third kappa shape index (κ3) is 4.22. The first-order chi connectivity index (χ1) is 11.6. The maximum Gasteiger partial charge on any atom is 0.234 e. The SMILES string of the molecule is O=C(CSc1ccc(Cl)cc1)Nc1c(F)cccc1N1CCCC1. The van der Waals surface area contributed by atoms with E-state index in [-0.39, 0.29) is 17.3 Å². The van der Waals surface area contributed by atoms with Gasteiger partial charge in [0, 0.05) is 23.0 Å². The average Bonchev–Trinajstić information content (AvgIpc) is 3.10. The summed E-state index contributed by atoms with van der Waals surface area (Å²) in [7, 11) is 0. The fraction of sp³-hybridized carbons (Fsp3) is 0.278. The molecule has 0 saturated carbocycles. The number of hydrogen-bond donors (Lipinski definition) is 1. The molecule has 24 heavy (non-hydrogen) atoms. The second kappa shape index (κ2) is 7.90. The number of thioether (sulfide) groups is 1. The molecule has 126 valence electrons. The number of rotatable bonds is 5. The van der Waals surface area contributed by atoms with E-state index in [2.05, 4.69) is 10.2 Å². The van der Waals surface area contributed by atoms with Crippen molar-refractivity contribution in [3.05, 3.63) is 53.3 Å². The molecular weight excluding hydrogens is 347 g/mol. The van der Waals surface area contributed by atoms with Gasteiger partial charge in [-0.1, -0.05) is 17.7 Å². The third-order valence-electron chi connectivity index (χ3n) is 3.89. The fourth-order valence-corrected chi connectivity index (χ4v) is 3.54. The summed E-state index contributed by atoms with van der Waals surface area (Å²) in [5.74, 6) is -0.403. The van der Waals surface area contributed by atoms with E-state index < -0.39 is 5.82 Å². The number of anilines is 2. The van der Waals surface area contributed by atoms with E-state index in [1.165, 1.54) is 17.8 Å². The number of carbonyl (C=O) groups is 1. The van der Waals surface area contributed by atoms with Gasteiger partial charge in [-0.25, -0.2) is 4.39 Å². The molecule has 3 nitrogen and oxygen atoms in total. The standard InChI is InChI=1S/C18H18ClFN2OS/c19-13-6-8-14(9-7-13)24-12-17(23)21-18-15(20)4-3-5-16(18)22-10-1-2-11-22/h3-9H,1-2,10-12H2,(H,21,23). The number of amides is 1. The van der Waals surface area contributed by atoms with Crippen molar-refractivity contribution in [3.63, 3.8) is 0 Å². The van der Waals surface area contributed by atoms with E-state index in [0.29, 0.717) is 5.02 Å². The lowest BCUT2D eigenvalue weighted by molar-refractivity contribution is -0.113.